The van der Waals surface area contributed by atoms with Gasteiger partial charge in [0.2, 0.25) is 0 Å². The SMILES string of the molecule is Cc1ccccc1C(=O)N/N=C1\CCCc2oc(C(=O)NCc3ccco3)c(C)c21. The van der Waals surface area contributed by atoms with Crippen molar-refractivity contribution in [2.45, 2.75) is 39.7 Å². The number of nitrogens with zero attached hydrogens (tertiary/aromatic N) is 1. The first-order chi connectivity index (χ1) is 14.5. The van der Waals surface area contributed by atoms with Crippen LogP contribution in [-0.2, 0) is 13.0 Å². The number of nitrogens with one attached hydrogen (secondary N) is 2. The van der Waals surface area contributed by atoms with Crippen LogP contribution in [0.4, 0.5) is 0 Å². The first kappa shape index (κ1) is 19.7. The van der Waals surface area contributed by atoms with Crippen LogP contribution in [0.3, 0.4) is 0 Å². The van der Waals surface area contributed by atoms with E-state index in [1.165, 1.54) is 0 Å². The molecule has 0 spiro atoms. The van der Waals surface area contributed by atoms with Crippen LogP contribution >= 0.6 is 0 Å². The Kier molecular flexibility index (Phi) is 5.52. The van der Waals surface area contributed by atoms with Gasteiger partial charge < -0.3 is 14.2 Å². The molecule has 1 aromatic carbocycles. The smallest absolute Gasteiger partial charge is 0.287 e. The lowest BCUT2D eigenvalue weighted by Gasteiger charge is -2.13. The Labute approximate surface area is 174 Å². The van der Waals surface area contributed by atoms with Gasteiger partial charge in [-0.2, -0.15) is 5.10 Å². The van der Waals surface area contributed by atoms with Gasteiger partial charge in [-0.1, -0.05) is 18.2 Å². The monoisotopic (exact) mass is 405 g/mol. The molecule has 0 saturated heterocycles. The lowest BCUT2D eigenvalue weighted by Crippen LogP contribution is -2.23. The lowest BCUT2D eigenvalue weighted by atomic mass is 9.93. The van der Waals surface area contributed by atoms with E-state index < -0.39 is 0 Å². The Bertz CT molecular complexity index is 1110. The largest absolute Gasteiger partial charge is 0.467 e. The first-order valence-corrected chi connectivity index (χ1v) is 9.90. The van der Waals surface area contributed by atoms with Crippen LogP contribution in [0.2, 0.25) is 0 Å². The molecule has 0 aliphatic heterocycles. The minimum atomic E-state index is -0.304. The molecule has 0 saturated carbocycles. The number of aryl methyl sites for hydroxylation is 2. The zero-order valence-electron chi connectivity index (χ0n) is 17.0. The number of benzene rings is 1. The third-order valence-corrected chi connectivity index (χ3v) is 5.22. The predicted molar refractivity (Wildman–Crippen MR) is 111 cm³/mol. The van der Waals surface area contributed by atoms with Crippen molar-refractivity contribution >= 4 is 17.5 Å². The van der Waals surface area contributed by atoms with E-state index in [0.29, 0.717) is 17.7 Å². The highest BCUT2D eigenvalue weighted by molar-refractivity contribution is 6.07. The topological polar surface area (TPSA) is 96.8 Å². The molecule has 1 aliphatic carbocycles. The van der Waals surface area contributed by atoms with E-state index >= 15 is 0 Å². The van der Waals surface area contributed by atoms with Gasteiger partial charge in [-0.3, -0.25) is 9.59 Å². The maximum absolute atomic E-state index is 12.6. The van der Waals surface area contributed by atoms with E-state index in [-0.39, 0.29) is 24.1 Å². The summed E-state index contributed by atoms with van der Waals surface area (Å²) in [5.41, 5.74) is 6.39. The third-order valence-electron chi connectivity index (χ3n) is 5.22. The second-order valence-corrected chi connectivity index (χ2v) is 7.28. The van der Waals surface area contributed by atoms with Gasteiger partial charge in [-0.05, 0) is 50.5 Å². The number of rotatable bonds is 5. The average Bonchev–Trinajstić information content (AvgIpc) is 3.39. The third kappa shape index (κ3) is 3.91. The highest BCUT2D eigenvalue weighted by Crippen LogP contribution is 2.30. The number of hydrazone groups is 1. The molecule has 0 atom stereocenters. The van der Waals surface area contributed by atoms with E-state index in [1.54, 1.807) is 24.5 Å². The Morgan fingerprint density at radius 3 is 2.67 bits per heavy atom. The number of hydrogen-bond donors (Lipinski definition) is 2. The first-order valence-electron chi connectivity index (χ1n) is 9.90. The molecule has 0 fully saturated rings. The van der Waals surface area contributed by atoms with Gasteiger partial charge >= 0.3 is 0 Å². The molecule has 2 aromatic heterocycles. The molecule has 30 heavy (non-hydrogen) atoms. The maximum Gasteiger partial charge on any atom is 0.287 e. The van der Waals surface area contributed by atoms with E-state index in [4.69, 9.17) is 8.83 Å². The number of amides is 2. The van der Waals surface area contributed by atoms with E-state index in [9.17, 15) is 9.59 Å². The fraction of sp³-hybridized carbons (Fsp3) is 0.261. The van der Waals surface area contributed by atoms with Gasteiger partial charge in [0, 0.05) is 23.1 Å². The molecule has 4 rings (SSSR count). The van der Waals surface area contributed by atoms with Crippen LogP contribution in [0.1, 0.15) is 62.0 Å². The quantitative estimate of drug-likeness (QED) is 0.630. The van der Waals surface area contributed by atoms with Crippen LogP contribution in [0.25, 0.3) is 0 Å². The normalized spacial score (nSPS) is 14.4. The molecule has 2 heterocycles. The fourth-order valence-corrected chi connectivity index (χ4v) is 3.66. The van der Waals surface area contributed by atoms with Crippen molar-refractivity contribution in [2.75, 3.05) is 0 Å². The van der Waals surface area contributed by atoms with Crippen LogP contribution in [0.5, 0.6) is 0 Å². The average molecular weight is 405 g/mol. The Balaban J connectivity index is 1.53. The second-order valence-electron chi connectivity index (χ2n) is 7.28. The minimum Gasteiger partial charge on any atom is -0.467 e. The van der Waals surface area contributed by atoms with E-state index in [2.05, 4.69) is 15.8 Å². The lowest BCUT2D eigenvalue weighted by molar-refractivity contribution is 0.0916. The molecule has 0 bridgehead atoms. The second kappa shape index (κ2) is 8.41. The highest BCUT2D eigenvalue weighted by Gasteiger charge is 2.28. The Hall–Kier alpha value is -3.61. The highest BCUT2D eigenvalue weighted by atomic mass is 16.4. The van der Waals surface area contributed by atoms with Crippen LogP contribution in [0, 0.1) is 13.8 Å². The van der Waals surface area contributed by atoms with Gasteiger partial charge in [-0.25, -0.2) is 5.43 Å². The summed E-state index contributed by atoms with van der Waals surface area (Å²) in [5, 5.41) is 7.18. The standard InChI is InChI=1S/C23H23N3O4/c1-14-7-3-4-9-17(14)22(27)26-25-18-10-5-11-19-20(18)15(2)21(30-19)23(28)24-13-16-8-6-12-29-16/h3-4,6-9,12H,5,10-11,13H2,1-2H3,(H,24,28)(H,26,27)/b25-18+. The summed E-state index contributed by atoms with van der Waals surface area (Å²) in [6.45, 7) is 4.01. The van der Waals surface area contributed by atoms with Crippen molar-refractivity contribution in [3.8, 4) is 0 Å². The summed E-state index contributed by atoms with van der Waals surface area (Å²) >= 11 is 0. The molecule has 7 heteroatoms. The predicted octanol–water partition coefficient (Wildman–Crippen LogP) is 3.89. The summed E-state index contributed by atoms with van der Waals surface area (Å²) in [4.78, 5) is 25.1. The number of hydrogen-bond acceptors (Lipinski definition) is 5. The summed E-state index contributed by atoms with van der Waals surface area (Å²) < 4.78 is 11.1. The van der Waals surface area contributed by atoms with Gasteiger partial charge in [0.1, 0.15) is 11.5 Å². The van der Waals surface area contributed by atoms with Gasteiger partial charge in [0.25, 0.3) is 11.8 Å². The molecule has 2 amide bonds. The zero-order chi connectivity index (χ0) is 21.1. The zero-order valence-corrected chi connectivity index (χ0v) is 17.0. The molecular formula is C23H23N3O4. The summed E-state index contributed by atoms with van der Waals surface area (Å²) in [6, 6.07) is 10.9. The van der Waals surface area contributed by atoms with Gasteiger partial charge in [0.05, 0.1) is 18.5 Å². The molecular weight excluding hydrogens is 382 g/mol. The van der Waals surface area contributed by atoms with Crippen molar-refractivity contribution in [1.29, 1.82) is 0 Å². The maximum atomic E-state index is 12.6. The number of carbonyl (C=O) groups is 2. The molecule has 3 aromatic rings. The van der Waals surface area contributed by atoms with Crippen molar-refractivity contribution in [3.05, 3.63) is 82.2 Å². The van der Waals surface area contributed by atoms with Crippen LogP contribution in [0.15, 0.2) is 56.6 Å². The molecule has 1 aliphatic rings. The molecule has 0 radical (unpaired) electrons. The molecule has 7 nitrogen and oxygen atoms in total. The molecule has 154 valence electrons. The summed E-state index contributed by atoms with van der Waals surface area (Å²) in [7, 11) is 0. The number of carbonyl (C=O) groups excluding carboxylic acids is 2. The van der Waals surface area contributed by atoms with Gasteiger partial charge in [0.15, 0.2) is 5.76 Å². The Morgan fingerprint density at radius 2 is 1.90 bits per heavy atom. The van der Waals surface area contributed by atoms with Crippen LogP contribution < -0.4 is 10.7 Å². The van der Waals surface area contributed by atoms with Gasteiger partial charge in [-0.15, -0.1) is 0 Å². The van der Waals surface area contributed by atoms with E-state index in [1.807, 2.05) is 32.0 Å². The molecule has 2 N–H and O–H groups in total. The Morgan fingerprint density at radius 1 is 1.07 bits per heavy atom. The minimum absolute atomic E-state index is 0.259. The van der Waals surface area contributed by atoms with Crippen molar-refractivity contribution in [1.82, 2.24) is 10.7 Å². The number of furan rings is 2. The molecule has 0 unspecified atom stereocenters. The number of fused-ring (bicyclic) bond motifs is 1. The van der Waals surface area contributed by atoms with E-state index in [0.717, 1.165) is 41.0 Å². The van der Waals surface area contributed by atoms with Crippen LogP contribution in [-0.4, -0.2) is 17.5 Å². The summed E-state index contributed by atoms with van der Waals surface area (Å²) in [5.74, 6) is 1.10. The van der Waals surface area contributed by atoms with Crippen molar-refractivity contribution in [2.24, 2.45) is 5.10 Å². The fourth-order valence-electron chi connectivity index (χ4n) is 3.66. The summed E-state index contributed by atoms with van der Waals surface area (Å²) in [6.07, 6.45) is 3.83. The van der Waals surface area contributed by atoms with Crippen molar-refractivity contribution < 1.29 is 18.4 Å². The van der Waals surface area contributed by atoms with Crippen molar-refractivity contribution in [3.63, 3.8) is 0 Å².